The van der Waals surface area contributed by atoms with E-state index in [0.717, 1.165) is 37.3 Å². The third-order valence-electron chi connectivity index (χ3n) is 4.79. The third-order valence-corrected chi connectivity index (χ3v) is 4.79. The zero-order valence-corrected chi connectivity index (χ0v) is 15.0. The first-order valence-electron chi connectivity index (χ1n) is 9.16. The SMILES string of the molecule is Cc1ccc2nc(COc3ccccc3C(=O)N3CCCCC3)cn2c1. The van der Waals surface area contributed by atoms with Gasteiger partial charge in [-0.2, -0.15) is 0 Å². The first-order chi connectivity index (χ1) is 12.7. The Morgan fingerprint density at radius 2 is 1.88 bits per heavy atom. The van der Waals surface area contributed by atoms with Crippen LogP contribution in [0.25, 0.3) is 5.65 Å². The van der Waals surface area contributed by atoms with Gasteiger partial charge in [-0.05, 0) is 49.9 Å². The normalized spacial score (nSPS) is 14.6. The van der Waals surface area contributed by atoms with E-state index in [4.69, 9.17) is 4.74 Å². The van der Waals surface area contributed by atoms with Crippen LogP contribution in [0.1, 0.15) is 40.9 Å². The van der Waals surface area contributed by atoms with E-state index < -0.39 is 0 Å². The average molecular weight is 349 g/mol. The zero-order valence-electron chi connectivity index (χ0n) is 15.0. The molecule has 0 spiro atoms. The number of carbonyl (C=O) groups excluding carboxylic acids is 1. The number of aromatic nitrogens is 2. The Balaban J connectivity index is 1.51. The van der Waals surface area contributed by atoms with Crippen molar-refractivity contribution in [2.24, 2.45) is 0 Å². The largest absolute Gasteiger partial charge is 0.486 e. The van der Waals surface area contributed by atoms with Crippen molar-refractivity contribution in [3.63, 3.8) is 0 Å². The van der Waals surface area contributed by atoms with Gasteiger partial charge < -0.3 is 14.0 Å². The molecule has 1 aliphatic rings. The van der Waals surface area contributed by atoms with Gasteiger partial charge in [-0.25, -0.2) is 4.98 Å². The molecular formula is C21H23N3O2. The number of piperidine rings is 1. The molecule has 134 valence electrons. The molecule has 5 heteroatoms. The van der Waals surface area contributed by atoms with Gasteiger partial charge in [0.1, 0.15) is 18.0 Å². The maximum Gasteiger partial charge on any atom is 0.257 e. The van der Waals surface area contributed by atoms with Gasteiger partial charge in [-0.15, -0.1) is 0 Å². The van der Waals surface area contributed by atoms with E-state index >= 15 is 0 Å². The quantitative estimate of drug-likeness (QED) is 0.719. The Bertz CT molecular complexity index is 926. The summed E-state index contributed by atoms with van der Waals surface area (Å²) in [6, 6.07) is 11.5. The van der Waals surface area contributed by atoms with E-state index in [2.05, 4.69) is 11.9 Å². The van der Waals surface area contributed by atoms with Crippen molar-refractivity contribution in [2.45, 2.75) is 32.8 Å². The van der Waals surface area contributed by atoms with Gasteiger partial charge in [0, 0.05) is 25.5 Å². The lowest BCUT2D eigenvalue weighted by Crippen LogP contribution is -2.35. The highest BCUT2D eigenvalue weighted by Crippen LogP contribution is 2.23. The summed E-state index contributed by atoms with van der Waals surface area (Å²) in [5, 5.41) is 0. The number of hydrogen-bond acceptors (Lipinski definition) is 3. The molecule has 0 atom stereocenters. The van der Waals surface area contributed by atoms with Crippen LogP contribution in [0, 0.1) is 6.92 Å². The van der Waals surface area contributed by atoms with Crippen LogP contribution < -0.4 is 4.74 Å². The summed E-state index contributed by atoms with van der Waals surface area (Å²) >= 11 is 0. The molecule has 0 N–H and O–H groups in total. The first kappa shape index (κ1) is 16.6. The fourth-order valence-electron chi connectivity index (χ4n) is 3.41. The fraction of sp³-hybridized carbons (Fsp3) is 0.333. The van der Waals surface area contributed by atoms with Crippen molar-refractivity contribution >= 4 is 11.6 Å². The molecule has 0 bridgehead atoms. The summed E-state index contributed by atoms with van der Waals surface area (Å²) in [7, 11) is 0. The smallest absolute Gasteiger partial charge is 0.257 e. The summed E-state index contributed by atoms with van der Waals surface area (Å²) < 4.78 is 7.97. The highest BCUT2D eigenvalue weighted by Gasteiger charge is 2.21. The van der Waals surface area contributed by atoms with Crippen molar-refractivity contribution in [1.82, 2.24) is 14.3 Å². The highest BCUT2D eigenvalue weighted by atomic mass is 16.5. The van der Waals surface area contributed by atoms with Gasteiger partial charge in [0.15, 0.2) is 0 Å². The molecule has 1 aliphatic heterocycles. The number of aryl methyl sites for hydroxylation is 1. The third kappa shape index (κ3) is 3.43. The minimum atomic E-state index is 0.0610. The molecular weight excluding hydrogens is 326 g/mol. The molecule has 3 heterocycles. The van der Waals surface area contributed by atoms with Gasteiger partial charge in [0.2, 0.25) is 0 Å². The van der Waals surface area contributed by atoms with Crippen LogP contribution in [0.2, 0.25) is 0 Å². The summed E-state index contributed by atoms with van der Waals surface area (Å²) in [6.07, 6.45) is 7.37. The van der Waals surface area contributed by atoms with Gasteiger partial charge in [-0.3, -0.25) is 4.79 Å². The molecule has 3 aromatic rings. The van der Waals surface area contributed by atoms with E-state index in [-0.39, 0.29) is 5.91 Å². The molecule has 0 radical (unpaired) electrons. The van der Waals surface area contributed by atoms with Gasteiger partial charge in [-0.1, -0.05) is 18.2 Å². The molecule has 5 nitrogen and oxygen atoms in total. The Morgan fingerprint density at radius 3 is 2.73 bits per heavy atom. The van der Waals surface area contributed by atoms with Crippen LogP contribution in [0.15, 0.2) is 48.8 Å². The number of hydrogen-bond donors (Lipinski definition) is 0. The Morgan fingerprint density at radius 1 is 1.08 bits per heavy atom. The van der Waals surface area contributed by atoms with Gasteiger partial charge in [0.25, 0.3) is 5.91 Å². The number of imidazole rings is 1. The number of likely N-dealkylation sites (tertiary alicyclic amines) is 1. The molecule has 1 amide bonds. The molecule has 0 saturated carbocycles. The number of nitrogens with zero attached hydrogens (tertiary/aromatic N) is 3. The van der Waals surface area contributed by atoms with E-state index in [1.165, 1.54) is 12.0 Å². The topological polar surface area (TPSA) is 46.8 Å². The van der Waals surface area contributed by atoms with Crippen molar-refractivity contribution in [3.8, 4) is 5.75 Å². The number of fused-ring (bicyclic) bond motifs is 1. The Hall–Kier alpha value is -2.82. The highest BCUT2D eigenvalue weighted by molar-refractivity contribution is 5.97. The Kier molecular flexibility index (Phi) is 4.61. The second-order valence-electron chi connectivity index (χ2n) is 6.84. The number of para-hydroxylation sites is 1. The summed E-state index contributed by atoms with van der Waals surface area (Å²) in [6.45, 7) is 4.06. The van der Waals surface area contributed by atoms with Crippen molar-refractivity contribution in [3.05, 3.63) is 65.6 Å². The molecule has 2 aromatic heterocycles. The molecule has 26 heavy (non-hydrogen) atoms. The fourth-order valence-corrected chi connectivity index (χ4v) is 3.41. The van der Waals surface area contributed by atoms with Crippen LogP contribution in [0.4, 0.5) is 0 Å². The summed E-state index contributed by atoms with van der Waals surface area (Å²) in [5.74, 6) is 0.683. The van der Waals surface area contributed by atoms with Crippen LogP contribution in [0.5, 0.6) is 5.75 Å². The molecule has 1 aromatic carbocycles. The predicted molar refractivity (Wildman–Crippen MR) is 100 cm³/mol. The maximum atomic E-state index is 12.8. The number of pyridine rings is 1. The second kappa shape index (κ2) is 7.20. The lowest BCUT2D eigenvalue weighted by molar-refractivity contribution is 0.0719. The molecule has 0 unspecified atom stereocenters. The summed E-state index contributed by atoms with van der Waals surface area (Å²) in [4.78, 5) is 19.3. The minimum Gasteiger partial charge on any atom is -0.486 e. The van der Waals surface area contributed by atoms with E-state index in [0.29, 0.717) is 17.9 Å². The molecule has 4 rings (SSSR count). The lowest BCUT2D eigenvalue weighted by Gasteiger charge is -2.27. The van der Waals surface area contributed by atoms with E-state index in [9.17, 15) is 4.79 Å². The number of benzene rings is 1. The lowest BCUT2D eigenvalue weighted by atomic mass is 10.1. The monoisotopic (exact) mass is 349 g/mol. The summed E-state index contributed by atoms with van der Waals surface area (Å²) in [5.41, 5.74) is 3.55. The van der Waals surface area contributed by atoms with Gasteiger partial charge in [0.05, 0.1) is 11.3 Å². The Labute approximate surface area is 153 Å². The van der Waals surface area contributed by atoms with Crippen LogP contribution >= 0.6 is 0 Å². The number of amides is 1. The first-order valence-corrected chi connectivity index (χ1v) is 9.16. The molecule has 1 saturated heterocycles. The van der Waals surface area contributed by atoms with E-state index in [1.54, 1.807) is 0 Å². The van der Waals surface area contributed by atoms with Crippen molar-refractivity contribution in [1.29, 1.82) is 0 Å². The predicted octanol–water partition coefficient (Wildman–Crippen LogP) is 3.85. The number of ether oxygens (including phenoxy) is 1. The number of rotatable bonds is 4. The average Bonchev–Trinajstić information content (AvgIpc) is 3.08. The molecule has 1 fully saturated rings. The van der Waals surface area contributed by atoms with Crippen LogP contribution in [-0.4, -0.2) is 33.3 Å². The van der Waals surface area contributed by atoms with Crippen molar-refractivity contribution in [2.75, 3.05) is 13.1 Å². The van der Waals surface area contributed by atoms with Crippen LogP contribution in [-0.2, 0) is 6.61 Å². The number of carbonyl (C=O) groups is 1. The zero-order chi connectivity index (χ0) is 17.9. The van der Waals surface area contributed by atoms with E-state index in [1.807, 2.05) is 58.1 Å². The van der Waals surface area contributed by atoms with Gasteiger partial charge >= 0.3 is 0 Å². The standard InChI is InChI=1S/C21H23N3O2/c1-16-9-10-20-22-17(14-24(20)13-16)15-26-19-8-4-3-7-18(19)21(25)23-11-5-2-6-12-23/h3-4,7-10,13-14H,2,5-6,11-12,15H2,1H3. The molecule has 0 aliphatic carbocycles. The van der Waals surface area contributed by atoms with Crippen molar-refractivity contribution < 1.29 is 9.53 Å². The maximum absolute atomic E-state index is 12.8. The van der Waals surface area contributed by atoms with Crippen LogP contribution in [0.3, 0.4) is 0 Å². The minimum absolute atomic E-state index is 0.0610. The second-order valence-corrected chi connectivity index (χ2v) is 6.84.